The van der Waals surface area contributed by atoms with E-state index >= 15 is 0 Å². The van der Waals surface area contributed by atoms with Crippen molar-refractivity contribution in [2.24, 2.45) is 5.10 Å². The molecule has 0 aliphatic carbocycles. The van der Waals surface area contributed by atoms with Crippen molar-refractivity contribution in [3.8, 4) is 0 Å². The molecule has 1 N–H and O–H groups in total. The normalized spacial score (nSPS) is 16.9. The van der Waals surface area contributed by atoms with Gasteiger partial charge in [0, 0.05) is 23.2 Å². The minimum atomic E-state index is -0.210. The Labute approximate surface area is 147 Å². The quantitative estimate of drug-likeness (QED) is 0.837. The maximum absolute atomic E-state index is 12.3. The van der Waals surface area contributed by atoms with E-state index in [1.54, 1.807) is 7.05 Å². The van der Waals surface area contributed by atoms with Gasteiger partial charge in [0.1, 0.15) is 0 Å². The zero-order valence-electron chi connectivity index (χ0n) is 14.0. The fraction of sp³-hybridized carbons (Fsp3) is 0.263. The van der Waals surface area contributed by atoms with Gasteiger partial charge in [0.15, 0.2) is 0 Å². The minimum Gasteiger partial charge on any atom is -0.340 e. The lowest BCUT2D eigenvalue weighted by molar-refractivity contribution is 0.184. The molecule has 124 valence electrons. The van der Waals surface area contributed by atoms with Crippen LogP contribution in [0.25, 0.3) is 0 Å². The molecular weight excluding hydrogens is 322 g/mol. The van der Waals surface area contributed by atoms with Gasteiger partial charge in [0.2, 0.25) is 0 Å². The molecular formula is C19H20ClN3O. The van der Waals surface area contributed by atoms with Crippen LogP contribution in [0.3, 0.4) is 0 Å². The predicted octanol–water partition coefficient (Wildman–Crippen LogP) is 3.99. The van der Waals surface area contributed by atoms with Crippen molar-refractivity contribution >= 4 is 23.3 Å². The molecule has 1 aliphatic rings. The first kappa shape index (κ1) is 16.5. The largest absolute Gasteiger partial charge is 0.340 e. The second-order valence-electron chi connectivity index (χ2n) is 6.07. The maximum Gasteiger partial charge on any atom is 0.337 e. The molecule has 5 heteroatoms. The highest BCUT2D eigenvalue weighted by atomic mass is 35.5. The first-order valence-electron chi connectivity index (χ1n) is 7.95. The number of hydrogen-bond acceptors (Lipinski definition) is 2. The van der Waals surface area contributed by atoms with E-state index in [4.69, 9.17) is 16.7 Å². The van der Waals surface area contributed by atoms with Gasteiger partial charge in [0.05, 0.1) is 11.8 Å². The van der Waals surface area contributed by atoms with E-state index in [0.29, 0.717) is 5.02 Å². The van der Waals surface area contributed by atoms with Crippen LogP contribution in [0.15, 0.2) is 47.6 Å². The minimum absolute atomic E-state index is 0.0313. The summed E-state index contributed by atoms with van der Waals surface area (Å²) in [7, 11) is 1.62. The molecule has 24 heavy (non-hydrogen) atoms. The average molecular weight is 342 g/mol. The van der Waals surface area contributed by atoms with E-state index < -0.39 is 0 Å². The van der Waals surface area contributed by atoms with Gasteiger partial charge >= 0.3 is 6.03 Å². The fourth-order valence-electron chi connectivity index (χ4n) is 2.93. The summed E-state index contributed by atoms with van der Waals surface area (Å²) in [6.45, 7) is 4.07. The average Bonchev–Trinajstić information content (AvgIpc) is 2.71. The van der Waals surface area contributed by atoms with Crippen LogP contribution in [-0.2, 0) is 6.42 Å². The Bertz CT molecular complexity index is 799. The van der Waals surface area contributed by atoms with E-state index in [1.165, 1.54) is 10.6 Å². The highest BCUT2D eigenvalue weighted by molar-refractivity contribution is 6.30. The number of hydrazone groups is 1. The molecule has 1 aliphatic heterocycles. The van der Waals surface area contributed by atoms with E-state index in [-0.39, 0.29) is 12.1 Å². The summed E-state index contributed by atoms with van der Waals surface area (Å²) >= 11 is 6.02. The Hall–Kier alpha value is -2.33. The zero-order valence-corrected chi connectivity index (χ0v) is 14.8. The molecule has 2 amide bonds. The summed E-state index contributed by atoms with van der Waals surface area (Å²) in [5, 5.41) is 9.58. The summed E-state index contributed by atoms with van der Waals surface area (Å²) in [4.78, 5) is 12.3. The highest BCUT2D eigenvalue weighted by Crippen LogP contribution is 2.25. The topological polar surface area (TPSA) is 44.7 Å². The lowest BCUT2D eigenvalue weighted by Crippen LogP contribution is -2.41. The molecule has 2 aromatic carbocycles. The summed E-state index contributed by atoms with van der Waals surface area (Å²) in [6, 6.07) is 13.7. The summed E-state index contributed by atoms with van der Waals surface area (Å²) in [5.74, 6) is 0. The number of nitrogens with zero attached hydrogens (tertiary/aromatic N) is 2. The van der Waals surface area contributed by atoms with Crippen LogP contribution in [-0.4, -0.2) is 29.8 Å². The maximum atomic E-state index is 12.3. The molecule has 0 unspecified atom stereocenters. The van der Waals surface area contributed by atoms with Crippen molar-refractivity contribution in [2.75, 3.05) is 7.05 Å². The molecule has 1 heterocycles. The van der Waals surface area contributed by atoms with E-state index in [1.807, 2.05) is 31.2 Å². The van der Waals surface area contributed by atoms with Crippen molar-refractivity contribution in [2.45, 2.75) is 26.3 Å². The van der Waals surface area contributed by atoms with Gasteiger partial charge in [-0.1, -0.05) is 41.4 Å². The molecule has 1 atom stereocenters. The van der Waals surface area contributed by atoms with Gasteiger partial charge in [-0.2, -0.15) is 5.10 Å². The van der Waals surface area contributed by atoms with Crippen LogP contribution in [0.1, 0.15) is 29.2 Å². The van der Waals surface area contributed by atoms with Gasteiger partial charge in [-0.05, 0) is 44.0 Å². The summed E-state index contributed by atoms with van der Waals surface area (Å²) in [5.41, 5.74) is 5.15. The summed E-state index contributed by atoms with van der Waals surface area (Å²) < 4.78 is 0. The molecule has 2 aromatic rings. The first-order chi connectivity index (χ1) is 11.5. The van der Waals surface area contributed by atoms with Crippen molar-refractivity contribution in [3.05, 3.63) is 69.7 Å². The van der Waals surface area contributed by atoms with Crippen LogP contribution < -0.4 is 5.32 Å². The third-order valence-electron chi connectivity index (χ3n) is 4.20. The van der Waals surface area contributed by atoms with Gasteiger partial charge in [-0.3, -0.25) is 0 Å². The number of benzene rings is 2. The van der Waals surface area contributed by atoms with Gasteiger partial charge in [0.25, 0.3) is 0 Å². The van der Waals surface area contributed by atoms with E-state index in [2.05, 4.69) is 30.4 Å². The number of carbonyl (C=O) groups excluding carboxylic acids is 1. The number of halogens is 1. The molecule has 4 nitrogen and oxygen atoms in total. The first-order valence-corrected chi connectivity index (χ1v) is 8.33. The van der Waals surface area contributed by atoms with Crippen LogP contribution in [0.4, 0.5) is 4.79 Å². The molecule has 0 fully saturated rings. The number of rotatable bonds is 1. The Balaban J connectivity index is 2.20. The number of fused-ring (bicyclic) bond motifs is 1. The monoisotopic (exact) mass is 341 g/mol. The Kier molecular flexibility index (Phi) is 4.58. The summed E-state index contributed by atoms with van der Waals surface area (Å²) in [6.07, 6.45) is 0.754. The van der Waals surface area contributed by atoms with Gasteiger partial charge < -0.3 is 5.32 Å². The number of amides is 2. The molecule has 0 saturated carbocycles. The standard InChI is InChI=1S/C19H20ClN3O/c1-12-4-5-15-11-13(2)23(19(24)21-3)22-18(17(15)10-12)14-6-8-16(20)9-7-14/h4-10,13H,11H2,1-3H3,(H,21,24)/t13-/m0/s1. The van der Waals surface area contributed by atoms with E-state index in [0.717, 1.165) is 28.8 Å². The predicted molar refractivity (Wildman–Crippen MR) is 97.7 cm³/mol. The Morgan fingerprint density at radius 1 is 1.25 bits per heavy atom. The van der Waals surface area contributed by atoms with Crippen molar-refractivity contribution in [3.63, 3.8) is 0 Å². The molecule has 0 saturated heterocycles. The number of hydrogen-bond donors (Lipinski definition) is 1. The lowest BCUT2D eigenvalue weighted by Gasteiger charge is -2.22. The van der Waals surface area contributed by atoms with Gasteiger partial charge in [-0.15, -0.1) is 0 Å². The van der Waals surface area contributed by atoms with Crippen molar-refractivity contribution in [1.29, 1.82) is 0 Å². The highest BCUT2D eigenvalue weighted by Gasteiger charge is 2.26. The lowest BCUT2D eigenvalue weighted by atomic mass is 9.93. The van der Waals surface area contributed by atoms with Crippen LogP contribution in [0.5, 0.6) is 0 Å². The number of aryl methyl sites for hydroxylation is 1. The third-order valence-corrected chi connectivity index (χ3v) is 4.45. The molecule has 0 radical (unpaired) electrons. The van der Waals surface area contributed by atoms with Crippen LogP contribution >= 0.6 is 11.6 Å². The SMILES string of the molecule is CNC(=O)N1N=C(c2ccc(Cl)cc2)c2cc(C)ccc2C[C@@H]1C. The van der Waals surface area contributed by atoms with Crippen molar-refractivity contribution in [1.82, 2.24) is 10.3 Å². The smallest absolute Gasteiger partial charge is 0.337 e. The second kappa shape index (κ2) is 6.65. The molecule has 0 spiro atoms. The van der Waals surface area contributed by atoms with Crippen LogP contribution in [0.2, 0.25) is 5.02 Å². The van der Waals surface area contributed by atoms with E-state index in [9.17, 15) is 4.79 Å². The number of carbonyl (C=O) groups is 1. The Morgan fingerprint density at radius 2 is 1.96 bits per heavy atom. The molecule has 0 aromatic heterocycles. The zero-order chi connectivity index (χ0) is 17.3. The molecule has 0 bridgehead atoms. The molecule has 3 rings (SSSR count). The van der Waals surface area contributed by atoms with Crippen molar-refractivity contribution < 1.29 is 4.79 Å². The van der Waals surface area contributed by atoms with Crippen LogP contribution in [0, 0.1) is 6.92 Å². The fourth-order valence-corrected chi connectivity index (χ4v) is 3.06. The third kappa shape index (κ3) is 3.15. The second-order valence-corrected chi connectivity index (χ2v) is 6.51. The Morgan fingerprint density at radius 3 is 2.62 bits per heavy atom. The number of urea groups is 1. The number of nitrogens with one attached hydrogen (secondary N) is 1. The van der Waals surface area contributed by atoms with Gasteiger partial charge in [-0.25, -0.2) is 9.80 Å².